The molecule has 1 aliphatic rings. The number of hydrogen-bond donors (Lipinski definition) is 2. The quantitative estimate of drug-likeness (QED) is 0.508. The van der Waals surface area contributed by atoms with Gasteiger partial charge in [0.05, 0.1) is 0 Å². The molecule has 4 N–H and O–H groups in total. The predicted octanol–water partition coefficient (Wildman–Crippen LogP) is 1.02. The third kappa shape index (κ3) is 1.61. The fourth-order valence-electron chi connectivity index (χ4n) is 2.19. The van der Waals surface area contributed by atoms with Gasteiger partial charge in [0.25, 0.3) is 0 Å². The molecule has 0 spiro atoms. The van der Waals surface area contributed by atoms with E-state index in [1.54, 1.807) is 0 Å². The molecule has 0 aliphatic heterocycles. The van der Waals surface area contributed by atoms with E-state index in [-0.39, 0.29) is 27.3 Å². The summed E-state index contributed by atoms with van der Waals surface area (Å²) in [7, 11) is 0. The molecule has 0 aromatic heterocycles. The number of hydrogen-bond acceptors (Lipinski definition) is 2. The van der Waals surface area contributed by atoms with Crippen LogP contribution in [0.5, 0.6) is 0 Å². The summed E-state index contributed by atoms with van der Waals surface area (Å²) >= 11 is 0. The second kappa shape index (κ2) is 3.94. The fourth-order valence-corrected chi connectivity index (χ4v) is 2.19. The molecular weight excluding hydrogens is 391 g/mol. The summed E-state index contributed by atoms with van der Waals surface area (Å²) in [5.74, 6) is 0. The molecule has 2 nitrogen and oxygen atoms in total. The molecule has 0 heterocycles. The molecule has 2 radical (unpaired) electrons. The zero-order valence-electron chi connectivity index (χ0n) is 8.98. The van der Waals surface area contributed by atoms with E-state index in [0.717, 1.165) is 5.56 Å². The van der Waals surface area contributed by atoms with Crippen LogP contribution in [0.15, 0.2) is 42.5 Å². The van der Waals surface area contributed by atoms with E-state index in [1.807, 2.05) is 30.4 Å². The van der Waals surface area contributed by atoms with Crippen LogP contribution >= 0.6 is 0 Å². The van der Waals surface area contributed by atoms with Crippen molar-refractivity contribution in [1.82, 2.24) is 0 Å². The zero-order valence-corrected chi connectivity index (χ0v) is 14.5. The molecule has 0 atom stereocenters. The molecule has 0 fully saturated rings. The van der Waals surface area contributed by atoms with Crippen molar-refractivity contribution in [3.05, 3.63) is 53.6 Å². The Labute approximate surface area is 114 Å². The van der Waals surface area contributed by atoms with E-state index in [9.17, 15) is 0 Å². The Kier molecular flexibility index (Phi) is 2.90. The molecule has 2 aromatic carbocycles. The number of benzene rings is 2. The van der Waals surface area contributed by atoms with E-state index in [0.29, 0.717) is 0 Å². The average molecular weight is 405 g/mol. The van der Waals surface area contributed by atoms with Crippen molar-refractivity contribution < 1.29 is 0 Å². The summed E-state index contributed by atoms with van der Waals surface area (Å²) in [6.07, 6.45) is 3.85. The first kappa shape index (κ1) is 11.8. The Morgan fingerprint density at radius 3 is 2.38 bits per heavy atom. The number of nitrogens with two attached hydrogens (primary N) is 2. The Morgan fingerprint density at radius 1 is 0.938 bits per heavy atom. The van der Waals surface area contributed by atoms with Gasteiger partial charge in [0.1, 0.15) is 5.66 Å². The van der Waals surface area contributed by atoms with Crippen LogP contribution in [0.1, 0.15) is 11.1 Å². The normalized spacial score (nSPS) is 15.9. The van der Waals surface area contributed by atoms with Gasteiger partial charge in [0, 0.05) is 0 Å². The predicted molar refractivity (Wildman–Crippen MR) is 71.6 cm³/mol. The summed E-state index contributed by atoms with van der Waals surface area (Å²) < 4.78 is 0. The van der Waals surface area contributed by atoms with Gasteiger partial charge in [-0.25, -0.2) is 0 Å². The minimum atomic E-state index is -0.839. The van der Waals surface area contributed by atoms with E-state index in [2.05, 4.69) is 18.2 Å². The van der Waals surface area contributed by atoms with E-state index < -0.39 is 5.66 Å². The third-order valence-corrected chi connectivity index (χ3v) is 2.94. The topological polar surface area (TPSA) is 52.0 Å². The molecule has 0 bridgehead atoms. The molecule has 1 aliphatic carbocycles. The molecule has 3 rings (SSSR count). The molecular formula is C13H14N2Pb. The van der Waals surface area contributed by atoms with Crippen molar-refractivity contribution in [1.29, 1.82) is 0 Å². The standard InChI is InChI=1S/C13H12N2.Pb.2H/c14-13(15)8-7-10-4-1-3-9-5-2-6-11(13)12(9)10;;;/h1-8H,14-15H2;;;. The maximum atomic E-state index is 6.04. The summed E-state index contributed by atoms with van der Waals surface area (Å²) in [4.78, 5) is 0. The van der Waals surface area contributed by atoms with Crippen LogP contribution in [0.2, 0.25) is 0 Å². The van der Waals surface area contributed by atoms with Crippen LogP contribution in [-0.2, 0) is 5.66 Å². The van der Waals surface area contributed by atoms with Crippen molar-refractivity contribution in [2.24, 2.45) is 11.5 Å². The van der Waals surface area contributed by atoms with Crippen molar-refractivity contribution in [3.63, 3.8) is 0 Å². The average Bonchev–Trinajstić information content (AvgIpc) is 2.24. The van der Waals surface area contributed by atoms with Crippen LogP contribution in [0.3, 0.4) is 0 Å². The molecule has 80 valence electrons. The monoisotopic (exact) mass is 406 g/mol. The van der Waals surface area contributed by atoms with Crippen molar-refractivity contribution in [2.75, 3.05) is 0 Å². The molecule has 0 unspecified atom stereocenters. The molecule has 0 saturated heterocycles. The first-order valence-electron chi connectivity index (χ1n) is 4.98. The zero-order chi connectivity index (χ0) is 10.5. The first-order valence-corrected chi connectivity index (χ1v) is 4.98. The summed E-state index contributed by atoms with van der Waals surface area (Å²) in [6, 6.07) is 12.3. The summed E-state index contributed by atoms with van der Waals surface area (Å²) in [6.45, 7) is 0. The van der Waals surface area contributed by atoms with E-state index >= 15 is 0 Å². The number of rotatable bonds is 0. The second-order valence-electron chi connectivity index (χ2n) is 4.02. The molecule has 2 aromatic rings. The minimum absolute atomic E-state index is 0. The second-order valence-corrected chi connectivity index (χ2v) is 4.02. The van der Waals surface area contributed by atoms with Crippen molar-refractivity contribution in [3.8, 4) is 0 Å². The van der Waals surface area contributed by atoms with Crippen LogP contribution in [0.25, 0.3) is 16.8 Å². The Bertz CT molecular complexity index is 568. The van der Waals surface area contributed by atoms with Crippen LogP contribution in [-0.4, -0.2) is 27.3 Å². The van der Waals surface area contributed by atoms with Crippen LogP contribution < -0.4 is 11.5 Å². The van der Waals surface area contributed by atoms with Gasteiger partial charge in [-0.3, -0.25) is 0 Å². The van der Waals surface area contributed by atoms with Gasteiger partial charge in [0.2, 0.25) is 0 Å². The van der Waals surface area contributed by atoms with Crippen molar-refractivity contribution in [2.45, 2.75) is 5.66 Å². The molecule has 3 heteroatoms. The first-order chi connectivity index (χ1) is 7.18. The van der Waals surface area contributed by atoms with Crippen molar-refractivity contribution >= 4 is 44.1 Å². The summed E-state index contributed by atoms with van der Waals surface area (Å²) in [5, 5.41) is 2.36. The Morgan fingerprint density at radius 2 is 1.62 bits per heavy atom. The van der Waals surface area contributed by atoms with Crippen LogP contribution in [0.4, 0.5) is 0 Å². The van der Waals surface area contributed by atoms with Gasteiger partial charge in [-0.05, 0) is 28.0 Å². The van der Waals surface area contributed by atoms with Gasteiger partial charge >= 0.3 is 27.3 Å². The van der Waals surface area contributed by atoms with Gasteiger partial charge < -0.3 is 11.5 Å². The third-order valence-electron chi connectivity index (χ3n) is 2.94. The fraction of sp³-hybridized carbons (Fsp3) is 0.0769. The van der Waals surface area contributed by atoms with Gasteiger partial charge in [-0.2, -0.15) is 0 Å². The summed E-state index contributed by atoms with van der Waals surface area (Å²) in [5.41, 5.74) is 13.4. The van der Waals surface area contributed by atoms with E-state index in [1.165, 1.54) is 16.3 Å². The van der Waals surface area contributed by atoms with Crippen LogP contribution in [0, 0.1) is 0 Å². The van der Waals surface area contributed by atoms with Gasteiger partial charge in [-0.1, -0.05) is 42.5 Å². The van der Waals surface area contributed by atoms with Gasteiger partial charge in [0.15, 0.2) is 0 Å². The SMILES string of the molecule is NC1(N)C=Cc2cccc3cccc1c23.[PbH2]. The molecule has 16 heavy (non-hydrogen) atoms. The maximum absolute atomic E-state index is 6.04. The Hall–Kier alpha value is -0.718. The Balaban J connectivity index is 0.000000963. The van der Waals surface area contributed by atoms with E-state index in [4.69, 9.17) is 11.5 Å². The molecule has 0 saturated carbocycles. The van der Waals surface area contributed by atoms with Gasteiger partial charge in [-0.15, -0.1) is 0 Å². The molecule has 0 amide bonds.